The maximum absolute atomic E-state index is 12.8. The zero-order valence-electron chi connectivity index (χ0n) is 17.7. The van der Waals surface area contributed by atoms with Crippen LogP contribution in [0.4, 0.5) is 0 Å². The molecule has 0 spiro atoms. The second kappa shape index (κ2) is 8.84. The number of carbonyl (C=O) groups is 2. The molecule has 0 aliphatic carbocycles. The summed E-state index contributed by atoms with van der Waals surface area (Å²) in [5.41, 5.74) is 6.39. The van der Waals surface area contributed by atoms with Crippen LogP contribution in [-0.4, -0.2) is 31.4 Å². The summed E-state index contributed by atoms with van der Waals surface area (Å²) in [5.74, 6) is -1.13. The molecule has 0 aliphatic rings. The molecule has 2 aromatic heterocycles. The molecule has 0 saturated carbocycles. The topological polar surface area (TPSA) is 111 Å². The molecule has 0 aliphatic heterocycles. The third-order valence-corrected chi connectivity index (χ3v) is 5.06. The van der Waals surface area contributed by atoms with Crippen molar-refractivity contribution in [3.63, 3.8) is 0 Å². The van der Waals surface area contributed by atoms with Crippen molar-refractivity contribution in [3.8, 4) is 5.69 Å². The Hall–Kier alpha value is -4.27. The lowest BCUT2D eigenvalue weighted by atomic mass is 10.1. The molecule has 2 amide bonds. The van der Waals surface area contributed by atoms with Crippen LogP contribution in [0.5, 0.6) is 0 Å². The summed E-state index contributed by atoms with van der Waals surface area (Å²) >= 11 is 0. The number of hydrogen-bond donors (Lipinski definition) is 2. The largest absolute Gasteiger partial charge is 0.290 e. The minimum Gasteiger partial charge on any atom is -0.267 e. The quantitative estimate of drug-likeness (QED) is 0.472. The van der Waals surface area contributed by atoms with Crippen molar-refractivity contribution in [1.29, 1.82) is 0 Å². The number of hydrogen-bond acceptors (Lipinski definition) is 5. The predicted molar refractivity (Wildman–Crippen MR) is 120 cm³/mol. The number of carbonyl (C=O) groups excluding carboxylic acids is 2. The van der Waals surface area contributed by atoms with Gasteiger partial charge in [0.2, 0.25) is 0 Å². The van der Waals surface area contributed by atoms with E-state index < -0.39 is 11.8 Å². The molecule has 2 heterocycles. The normalized spacial score (nSPS) is 10.8. The molecule has 0 atom stereocenters. The van der Waals surface area contributed by atoms with Crippen LogP contribution < -0.4 is 16.4 Å². The molecule has 32 heavy (non-hydrogen) atoms. The highest BCUT2D eigenvalue weighted by atomic mass is 16.2. The van der Waals surface area contributed by atoms with Crippen molar-refractivity contribution < 1.29 is 9.59 Å². The van der Waals surface area contributed by atoms with Gasteiger partial charge in [-0.15, -0.1) is 0 Å². The molecule has 4 rings (SSSR count). The average molecular weight is 430 g/mol. The number of benzene rings is 2. The van der Waals surface area contributed by atoms with E-state index in [-0.39, 0.29) is 11.3 Å². The number of nitrogens with zero attached hydrogens (tertiary/aromatic N) is 4. The lowest BCUT2D eigenvalue weighted by Crippen LogP contribution is -2.43. The predicted octanol–water partition coefficient (Wildman–Crippen LogP) is 2.38. The second-order valence-electron chi connectivity index (χ2n) is 7.22. The molecule has 9 nitrogen and oxygen atoms in total. The van der Waals surface area contributed by atoms with Crippen molar-refractivity contribution in [2.24, 2.45) is 0 Å². The summed E-state index contributed by atoms with van der Waals surface area (Å²) in [5, 5.41) is 9.31. The molecular weight excluding hydrogens is 408 g/mol. The summed E-state index contributed by atoms with van der Waals surface area (Å²) in [6.07, 6.45) is 2.13. The first-order chi connectivity index (χ1) is 15.5. The van der Waals surface area contributed by atoms with Crippen LogP contribution in [0.3, 0.4) is 0 Å². The highest BCUT2D eigenvalue weighted by Crippen LogP contribution is 2.15. The van der Waals surface area contributed by atoms with Gasteiger partial charge in [0.05, 0.1) is 28.5 Å². The lowest BCUT2D eigenvalue weighted by Gasteiger charge is -2.11. The monoisotopic (exact) mass is 430 g/mol. The number of aryl methyl sites for hydroxylation is 1. The summed E-state index contributed by atoms with van der Waals surface area (Å²) in [4.78, 5) is 38.1. The van der Waals surface area contributed by atoms with Gasteiger partial charge < -0.3 is 0 Å². The van der Waals surface area contributed by atoms with Crippen LogP contribution in [0.2, 0.25) is 0 Å². The van der Waals surface area contributed by atoms with Crippen molar-refractivity contribution >= 4 is 22.6 Å². The number of fused-ring (bicyclic) bond motifs is 1. The maximum atomic E-state index is 12.8. The van der Waals surface area contributed by atoms with Crippen LogP contribution in [0, 0.1) is 6.92 Å². The summed E-state index contributed by atoms with van der Waals surface area (Å²) < 4.78 is 2.92. The van der Waals surface area contributed by atoms with E-state index in [2.05, 4.69) is 21.0 Å². The van der Waals surface area contributed by atoms with Gasteiger partial charge in [-0.1, -0.05) is 43.3 Å². The number of nitrogens with one attached hydrogen (secondary N) is 2. The fourth-order valence-corrected chi connectivity index (χ4v) is 3.47. The Morgan fingerprint density at radius 1 is 0.938 bits per heavy atom. The van der Waals surface area contributed by atoms with Crippen molar-refractivity contribution in [1.82, 2.24) is 30.4 Å². The van der Waals surface area contributed by atoms with Gasteiger partial charge in [0.15, 0.2) is 5.69 Å². The molecule has 0 saturated heterocycles. The van der Waals surface area contributed by atoms with E-state index in [0.29, 0.717) is 35.0 Å². The van der Waals surface area contributed by atoms with E-state index in [1.165, 1.54) is 10.9 Å². The van der Waals surface area contributed by atoms with E-state index in [4.69, 9.17) is 0 Å². The zero-order chi connectivity index (χ0) is 22.7. The highest BCUT2D eigenvalue weighted by Gasteiger charge is 2.19. The second-order valence-corrected chi connectivity index (χ2v) is 7.22. The van der Waals surface area contributed by atoms with Gasteiger partial charge >= 0.3 is 0 Å². The van der Waals surface area contributed by atoms with Gasteiger partial charge in [0, 0.05) is 11.9 Å². The molecule has 9 heteroatoms. The number of aromatic nitrogens is 4. The molecule has 2 N–H and O–H groups in total. The third-order valence-electron chi connectivity index (χ3n) is 5.06. The van der Waals surface area contributed by atoms with E-state index in [0.717, 1.165) is 5.69 Å². The molecular formula is C23H22N6O3. The van der Waals surface area contributed by atoms with Crippen LogP contribution >= 0.6 is 0 Å². The molecule has 0 fully saturated rings. The number of amides is 2. The van der Waals surface area contributed by atoms with E-state index >= 15 is 0 Å². The molecule has 0 unspecified atom stereocenters. The lowest BCUT2D eigenvalue weighted by molar-refractivity contribution is 0.0843. The van der Waals surface area contributed by atoms with Crippen LogP contribution in [0.25, 0.3) is 16.5 Å². The van der Waals surface area contributed by atoms with E-state index in [1.54, 1.807) is 35.9 Å². The number of hydrazine groups is 1. The van der Waals surface area contributed by atoms with E-state index in [9.17, 15) is 14.4 Å². The fraction of sp³-hybridized carbons (Fsp3) is 0.174. The highest BCUT2D eigenvalue weighted by molar-refractivity contribution is 6.06. The minimum absolute atomic E-state index is 0.0608. The molecule has 0 radical (unpaired) electrons. The van der Waals surface area contributed by atoms with Crippen LogP contribution in [-0.2, 0) is 6.54 Å². The third kappa shape index (κ3) is 3.87. The number of rotatable bonds is 5. The Morgan fingerprint density at radius 3 is 2.31 bits per heavy atom. The Balaban J connectivity index is 1.57. The summed E-state index contributed by atoms with van der Waals surface area (Å²) in [6.45, 7) is 4.07. The van der Waals surface area contributed by atoms with Crippen molar-refractivity contribution in [2.45, 2.75) is 26.8 Å². The van der Waals surface area contributed by atoms with Crippen molar-refractivity contribution in [2.75, 3.05) is 0 Å². The Morgan fingerprint density at radius 2 is 1.59 bits per heavy atom. The maximum Gasteiger partial charge on any atom is 0.290 e. The average Bonchev–Trinajstić information content (AvgIpc) is 3.21. The molecule has 162 valence electrons. The van der Waals surface area contributed by atoms with Gasteiger partial charge in [-0.2, -0.15) is 10.2 Å². The van der Waals surface area contributed by atoms with Gasteiger partial charge in [-0.05, 0) is 31.5 Å². The van der Waals surface area contributed by atoms with Crippen LogP contribution in [0.15, 0.2) is 65.6 Å². The van der Waals surface area contributed by atoms with E-state index in [1.807, 2.05) is 37.3 Å². The Labute approximate surface area is 183 Å². The first-order valence-electron chi connectivity index (χ1n) is 10.2. The molecule has 0 bridgehead atoms. The number of para-hydroxylation sites is 1. The van der Waals surface area contributed by atoms with Gasteiger partial charge in [-0.3, -0.25) is 25.2 Å². The van der Waals surface area contributed by atoms with Gasteiger partial charge in [-0.25, -0.2) is 9.36 Å². The van der Waals surface area contributed by atoms with Crippen LogP contribution in [0.1, 0.15) is 39.9 Å². The standard InChI is InChI=1S/C23H22N6O3/c1-3-13-28-23(32)18-12-8-7-11-17(18)20(27-28)22(31)26-25-21(30)19-14-24-29(15(19)2)16-9-5-4-6-10-16/h4-12,14H,3,13H2,1-2H3,(H,25,30)(H,26,31). The SMILES string of the molecule is CCCn1nc(C(=O)NNC(=O)c2cnn(-c3ccccc3)c2C)c2ccccc2c1=O. The zero-order valence-corrected chi connectivity index (χ0v) is 17.7. The Kier molecular flexibility index (Phi) is 5.80. The summed E-state index contributed by atoms with van der Waals surface area (Å²) in [6, 6.07) is 16.2. The summed E-state index contributed by atoms with van der Waals surface area (Å²) in [7, 11) is 0. The fourth-order valence-electron chi connectivity index (χ4n) is 3.47. The molecule has 4 aromatic rings. The first kappa shape index (κ1) is 21.0. The minimum atomic E-state index is -0.618. The smallest absolute Gasteiger partial charge is 0.267 e. The van der Waals surface area contributed by atoms with Crippen molar-refractivity contribution in [3.05, 3.63) is 88.1 Å². The van der Waals surface area contributed by atoms with Gasteiger partial charge in [0.1, 0.15) is 0 Å². The molecule has 2 aromatic carbocycles. The first-order valence-corrected chi connectivity index (χ1v) is 10.2. The Bertz CT molecular complexity index is 1360. The van der Waals surface area contributed by atoms with Gasteiger partial charge in [0.25, 0.3) is 17.4 Å².